The van der Waals surface area contributed by atoms with Crippen molar-refractivity contribution in [1.29, 1.82) is 0 Å². The number of carbonyl (C=O) groups excluding carboxylic acids is 2. The van der Waals surface area contributed by atoms with Crippen LogP contribution in [0.5, 0.6) is 0 Å². The highest BCUT2D eigenvalue weighted by Gasteiger charge is 2.10. The number of ketones is 1. The van der Waals surface area contributed by atoms with Crippen LogP contribution in [0.4, 0.5) is 0 Å². The molecule has 3 nitrogen and oxygen atoms in total. The van der Waals surface area contributed by atoms with E-state index in [1.165, 1.54) is 57.1 Å². The Hall–Kier alpha value is -1.35. The van der Waals surface area contributed by atoms with Crippen LogP contribution in [0.2, 0.25) is 0 Å². The van der Waals surface area contributed by atoms with Crippen LogP contribution in [0.3, 0.4) is 0 Å². The van der Waals surface area contributed by atoms with Crippen LogP contribution in [0, 0.1) is 0 Å². The molecule has 0 aromatic carbocycles. The van der Waals surface area contributed by atoms with Gasteiger partial charge in [0.05, 0.1) is 0 Å². The Morgan fingerprint density at radius 1 is 1.00 bits per heavy atom. The van der Waals surface area contributed by atoms with E-state index in [9.17, 15) is 9.59 Å². The third-order valence-corrected chi connectivity index (χ3v) is 3.91. The van der Waals surface area contributed by atoms with Gasteiger partial charge in [0.2, 0.25) is 5.24 Å². The molecule has 0 bridgehead atoms. The quantitative estimate of drug-likeness (QED) is 0.187. The first-order valence-corrected chi connectivity index (χ1v) is 9.02. The molecule has 0 unspecified atom stereocenters. The molecule has 0 saturated heterocycles. The number of allylic oxidation sites excluding steroid dienone is 1. The van der Waals surface area contributed by atoms with E-state index < -0.39 is 5.24 Å². The number of furan rings is 1. The van der Waals surface area contributed by atoms with Crippen molar-refractivity contribution in [3.8, 4) is 0 Å². The first kappa shape index (κ1) is 19.7. The molecule has 128 valence electrons. The molecule has 0 aliphatic heterocycles. The number of halogens is 1. The van der Waals surface area contributed by atoms with E-state index in [0.717, 1.165) is 12.8 Å². The van der Waals surface area contributed by atoms with Gasteiger partial charge in [-0.1, -0.05) is 58.3 Å². The molecule has 1 rings (SSSR count). The Balaban J connectivity index is 2.13. The Kier molecular flexibility index (Phi) is 10.4. The van der Waals surface area contributed by atoms with Crippen LogP contribution < -0.4 is 0 Å². The maximum absolute atomic E-state index is 12.0. The van der Waals surface area contributed by atoms with Gasteiger partial charge in [-0.25, -0.2) is 0 Å². The summed E-state index contributed by atoms with van der Waals surface area (Å²) < 4.78 is 5.38. The molecule has 0 spiro atoms. The molecule has 1 aromatic heterocycles. The lowest BCUT2D eigenvalue weighted by Crippen LogP contribution is -1.96. The summed E-state index contributed by atoms with van der Waals surface area (Å²) in [7, 11) is 0. The second kappa shape index (κ2) is 12.1. The van der Waals surface area contributed by atoms with Crippen molar-refractivity contribution in [2.45, 2.75) is 71.1 Å². The second-order valence-corrected chi connectivity index (χ2v) is 6.21. The molecule has 0 radical (unpaired) electrons. The third-order valence-electron chi connectivity index (χ3n) is 3.79. The SMILES string of the molecule is CCCCCCCCCCCC(=O)c1ccc(/C=C/C(=O)Cl)o1. The van der Waals surface area contributed by atoms with Crippen molar-refractivity contribution in [2.75, 3.05) is 0 Å². The minimum absolute atomic E-state index is 0.0183. The lowest BCUT2D eigenvalue weighted by Gasteiger charge is -2.01. The van der Waals surface area contributed by atoms with E-state index >= 15 is 0 Å². The molecule has 0 aliphatic rings. The van der Waals surface area contributed by atoms with E-state index in [-0.39, 0.29) is 5.78 Å². The molecule has 1 heterocycles. The van der Waals surface area contributed by atoms with Gasteiger partial charge in [-0.3, -0.25) is 9.59 Å². The fraction of sp³-hybridized carbons (Fsp3) is 0.579. The van der Waals surface area contributed by atoms with E-state index in [4.69, 9.17) is 16.0 Å². The molecule has 0 N–H and O–H groups in total. The summed E-state index contributed by atoms with van der Waals surface area (Å²) in [5.74, 6) is 0.838. The molecule has 0 amide bonds. The summed E-state index contributed by atoms with van der Waals surface area (Å²) in [6.45, 7) is 2.23. The minimum atomic E-state index is -0.566. The van der Waals surface area contributed by atoms with Gasteiger partial charge in [0.1, 0.15) is 5.76 Å². The minimum Gasteiger partial charge on any atom is -0.454 e. The average molecular weight is 339 g/mol. The van der Waals surface area contributed by atoms with Crippen LogP contribution in [-0.2, 0) is 4.79 Å². The molecule has 0 fully saturated rings. The van der Waals surface area contributed by atoms with E-state index in [2.05, 4.69) is 6.92 Å². The number of unbranched alkanes of at least 4 members (excludes halogenated alkanes) is 8. The lowest BCUT2D eigenvalue weighted by molar-refractivity contribution is -0.107. The van der Waals surface area contributed by atoms with E-state index in [0.29, 0.717) is 17.9 Å². The van der Waals surface area contributed by atoms with E-state index in [1.807, 2.05) is 0 Å². The molecule has 1 aromatic rings. The highest BCUT2D eigenvalue weighted by molar-refractivity contribution is 6.66. The van der Waals surface area contributed by atoms with Crippen LogP contribution in [0.15, 0.2) is 22.6 Å². The van der Waals surface area contributed by atoms with Crippen molar-refractivity contribution >= 4 is 28.7 Å². The third kappa shape index (κ3) is 9.39. The number of carbonyl (C=O) groups is 2. The highest BCUT2D eigenvalue weighted by atomic mass is 35.5. The standard InChI is InChI=1S/C19H27ClO3/c1-2-3-4-5-6-7-8-9-10-11-17(21)18-14-12-16(23-18)13-15-19(20)22/h12-15H,2-11H2,1H3/b15-13+. The predicted molar refractivity (Wildman–Crippen MR) is 94.8 cm³/mol. The maximum Gasteiger partial charge on any atom is 0.245 e. The van der Waals surface area contributed by atoms with Crippen molar-refractivity contribution in [2.24, 2.45) is 0 Å². The van der Waals surface area contributed by atoms with Gasteiger partial charge in [-0.15, -0.1) is 0 Å². The number of hydrogen-bond acceptors (Lipinski definition) is 3. The molecule has 23 heavy (non-hydrogen) atoms. The van der Waals surface area contributed by atoms with Gasteiger partial charge in [0.25, 0.3) is 0 Å². The summed E-state index contributed by atoms with van der Waals surface area (Å²) in [4.78, 5) is 22.6. The summed E-state index contributed by atoms with van der Waals surface area (Å²) >= 11 is 5.21. The van der Waals surface area contributed by atoms with Gasteiger partial charge >= 0.3 is 0 Å². The number of Topliss-reactive ketones (excluding diaryl/α,β-unsaturated/α-hetero) is 1. The summed E-state index contributed by atoms with van der Waals surface area (Å²) in [6, 6.07) is 3.31. The number of rotatable bonds is 13. The molecule has 0 atom stereocenters. The zero-order valence-corrected chi connectivity index (χ0v) is 14.7. The number of hydrogen-bond donors (Lipinski definition) is 0. The van der Waals surface area contributed by atoms with Gasteiger partial charge in [-0.05, 0) is 36.2 Å². The predicted octanol–water partition coefficient (Wildman–Crippen LogP) is 6.16. The molecular formula is C19H27ClO3. The van der Waals surface area contributed by atoms with Gasteiger partial charge in [0, 0.05) is 12.5 Å². The van der Waals surface area contributed by atoms with E-state index in [1.54, 1.807) is 12.1 Å². The zero-order chi connectivity index (χ0) is 16.9. The first-order chi connectivity index (χ1) is 11.1. The Labute approximate surface area is 144 Å². The van der Waals surface area contributed by atoms with Crippen LogP contribution in [0.1, 0.15) is 87.4 Å². The van der Waals surface area contributed by atoms with Crippen LogP contribution >= 0.6 is 11.6 Å². The average Bonchev–Trinajstić information content (AvgIpc) is 3.00. The first-order valence-electron chi connectivity index (χ1n) is 8.64. The monoisotopic (exact) mass is 338 g/mol. The Morgan fingerprint density at radius 3 is 2.22 bits per heavy atom. The van der Waals surface area contributed by atoms with Crippen LogP contribution in [-0.4, -0.2) is 11.0 Å². The van der Waals surface area contributed by atoms with Gasteiger partial charge in [0.15, 0.2) is 11.5 Å². The van der Waals surface area contributed by atoms with Crippen molar-refractivity contribution in [1.82, 2.24) is 0 Å². The normalized spacial score (nSPS) is 11.2. The zero-order valence-electron chi connectivity index (χ0n) is 14.0. The Morgan fingerprint density at radius 2 is 1.61 bits per heavy atom. The van der Waals surface area contributed by atoms with Crippen molar-refractivity contribution in [3.63, 3.8) is 0 Å². The topological polar surface area (TPSA) is 47.3 Å². The molecule has 0 aliphatic carbocycles. The smallest absolute Gasteiger partial charge is 0.245 e. The lowest BCUT2D eigenvalue weighted by atomic mass is 10.1. The van der Waals surface area contributed by atoms with Crippen molar-refractivity contribution < 1.29 is 14.0 Å². The van der Waals surface area contributed by atoms with Gasteiger partial charge in [-0.2, -0.15) is 0 Å². The molecule has 0 saturated carbocycles. The summed E-state index contributed by atoms with van der Waals surface area (Å²) in [5.41, 5.74) is 0. The summed E-state index contributed by atoms with van der Waals surface area (Å²) in [5, 5.41) is -0.566. The molecular weight excluding hydrogens is 312 g/mol. The van der Waals surface area contributed by atoms with Crippen LogP contribution in [0.25, 0.3) is 6.08 Å². The summed E-state index contributed by atoms with van der Waals surface area (Å²) in [6.07, 6.45) is 14.3. The second-order valence-electron chi connectivity index (χ2n) is 5.84. The fourth-order valence-corrected chi connectivity index (χ4v) is 2.52. The highest BCUT2D eigenvalue weighted by Crippen LogP contribution is 2.15. The van der Waals surface area contributed by atoms with Crippen molar-refractivity contribution in [3.05, 3.63) is 29.7 Å². The molecule has 4 heteroatoms. The Bertz CT molecular complexity index is 502. The largest absolute Gasteiger partial charge is 0.454 e. The maximum atomic E-state index is 12.0. The van der Waals surface area contributed by atoms with Gasteiger partial charge < -0.3 is 4.42 Å². The fourth-order valence-electron chi connectivity index (χ4n) is 2.46.